The second kappa shape index (κ2) is 4.57. The zero-order valence-electron chi connectivity index (χ0n) is 8.35. The average molecular weight is 223 g/mol. The smallest absolute Gasteiger partial charge is 0.328 e. The molecule has 0 radical (unpaired) electrons. The number of thiazole rings is 1. The van der Waals surface area contributed by atoms with Crippen LogP contribution in [0, 0.1) is 0 Å². The molecular formula is C11H13NO2S. The second-order valence-corrected chi connectivity index (χ2v) is 4.65. The van der Waals surface area contributed by atoms with Crippen LogP contribution in [-0.2, 0) is 4.79 Å². The third-order valence-electron chi connectivity index (χ3n) is 2.64. The van der Waals surface area contributed by atoms with Crippen molar-refractivity contribution in [1.82, 2.24) is 4.98 Å². The molecule has 1 aromatic rings. The van der Waals surface area contributed by atoms with Crippen molar-refractivity contribution in [2.24, 2.45) is 0 Å². The Morgan fingerprint density at radius 1 is 1.53 bits per heavy atom. The molecule has 0 atom stereocenters. The highest BCUT2D eigenvalue weighted by molar-refractivity contribution is 7.09. The van der Waals surface area contributed by atoms with E-state index in [-0.39, 0.29) is 0 Å². The highest BCUT2D eigenvalue weighted by atomic mass is 32.1. The van der Waals surface area contributed by atoms with Gasteiger partial charge in [0.15, 0.2) is 0 Å². The third kappa shape index (κ3) is 2.65. The highest BCUT2D eigenvalue weighted by Gasteiger charge is 2.19. The Kier molecular flexibility index (Phi) is 3.16. The van der Waals surface area contributed by atoms with Crippen LogP contribution >= 0.6 is 11.3 Å². The fourth-order valence-electron chi connectivity index (χ4n) is 1.89. The van der Waals surface area contributed by atoms with Crippen molar-refractivity contribution in [2.45, 2.75) is 31.6 Å². The Morgan fingerprint density at radius 2 is 2.27 bits per heavy atom. The monoisotopic (exact) mass is 223 g/mol. The first kappa shape index (κ1) is 10.4. The minimum absolute atomic E-state index is 0.613. The Bertz CT molecular complexity index is 378. The van der Waals surface area contributed by atoms with E-state index in [4.69, 9.17) is 5.11 Å². The molecular weight excluding hydrogens is 210 g/mol. The number of carboxylic acid groups (broad SMARTS) is 1. The van der Waals surface area contributed by atoms with Gasteiger partial charge in [-0.05, 0) is 18.9 Å². The largest absolute Gasteiger partial charge is 0.478 e. The van der Waals surface area contributed by atoms with Gasteiger partial charge in [-0.25, -0.2) is 9.78 Å². The lowest BCUT2D eigenvalue weighted by Gasteiger charge is -2.01. The molecule has 15 heavy (non-hydrogen) atoms. The Hall–Kier alpha value is -1.16. The molecule has 1 aliphatic rings. The summed E-state index contributed by atoms with van der Waals surface area (Å²) in [5, 5.41) is 11.6. The third-order valence-corrected chi connectivity index (χ3v) is 3.67. The topological polar surface area (TPSA) is 50.2 Å². The molecule has 1 aliphatic carbocycles. The van der Waals surface area contributed by atoms with Crippen LogP contribution in [0.15, 0.2) is 11.5 Å². The first-order valence-electron chi connectivity index (χ1n) is 5.12. The maximum absolute atomic E-state index is 10.3. The molecule has 0 bridgehead atoms. The van der Waals surface area contributed by atoms with E-state index in [9.17, 15) is 4.79 Å². The van der Waals surface area contributed by atoms with Gasteiger partial charge >= 0.3 is 5.97 Å². The predicted molar refractivity (Wildman–Crippen MR) is 60.0 cm³/mol. The lowest BCUT2D eigenvalue weighted by molar-refractivity contribution is -0.131. The Balaban J connectivity index is 2.06. The van der Waals surface area contributed by atoms with Crippen molar-refractivity contribution < 1.29 is 9.90 Å². The van der Waals surface area contributed by atoms with E-state index in [0.717, 1.165) is 16.8 Å². The second-order valence-electron chi connectivity index (χ2n) is 3.76. The zero-order chi connectivity index (χ0) is 10.7. The molecule has 1 heterocycles. The number of hydrogen-bond donors (Lipinski definition) is 1. The summed E-state index contributed by atoms with van der Waals surface area (Å²) in [6.07, 6.45) is 7.74. The summed E-state index contributed by atoms with van der Waals surface area (Å²) in [5.41, 5.74) is 0.768. The van der Waals surface area contributed by atoms with Gasteiger partial charge in [-0.2, -0.15) is 0 Å². The van der Waals surface area contributed by atoms with E-state index in [1.807, 2.05) is 5.38 Å². The number of hydrogen-bond acceptors (Lipinski definition) is 3. The van der Waals surface area contributed by atoms with Crippen LogP contribution in [0.25, 0.3) is 6.08 Å². The fourth-order valence-corrected chi connectivity index (χ4v) is 2.85. The van der Waals surface area contributed by atoms with Gasteiger partial charge in [0, 0.05) is 17.4 Å². The van der Waals surface area contributed by atoms with E-state index < -0.39 is 5.97 Å². The molecule has 0 amide bonds. The molecule has 0 spiro atoms. The van der Waals surface area contributed by atoms with E-state index in [2.05, 4.69) is 4.98 Å². The van der Waals surface area contributed by atoms with Gasteiger partial charge < -0.3 is 5.11 Å². The van der Waals surface area contributed by atoms with Crippen LogP contribution in [-0.4, -0.2) is 16.1 Å². The number of aromatic nitrogens is 1. The number of nitrogens with zero attached hydrogens (tertiary/aromatic N) is 1. The van der Waals surface area contributed by atoms with Crippen LogP contribution in [0.2, 0.25) is 0 Å². The summed E-state index contributed by atoms with van der Waals surface area (Å²) < 4.78 is 0. The SMILES string of the molecule is O=C(O)/C=C/c1csc(C2CCCC2)n1. The molecule has 0 unspecified atom stereocenters. The van der Waals surface area contributed by atoms with Gasteiger partial charge in [0.1, 0.15) is 0 Å². The minimum atomic E-state index is -0.926. The normalized spacial score (nSPS) is 17.6. The van der Waals surface area contributed by atoms with Crippen LogP contribution in [0.5, 0.6) is 0 Å². The molecule has 1 aromatic heterocycles. The summed E-state index contributed by atoms with van der Waals surface area (Å²) in [4.78, 5) is 14.8. The Labute approximate surface area is 92.5 Å². The zero-order valence-corrected chi connectivity index (χ0v) is 9.17. The predicted octanol–water partition coefficient (Wildman–Crippen LogP) is 2.90. The number of aliphatic carboxylic acids is 1. The lowest BCUT2D eigenvalue weighted by atomic mass is 10.1. The highest BCUT2D eigenvalue weighted by Crippen LogP contribution is 2.35. The summed E-state index contributed by atoms with van der Waals surface area (Å²) in [6.45, 7) is 0. The van der Waals surface area contributed by atoms with E-state index in [0.29, 0.717) is 5.92 Å². The van der Waals surface area contributed by atoms with Crippen molar-refractivity contribution in [3.8, 4) is 0 Å². The molecule has 4 heteroatoms. The van der Waals surface area contributed by atoms with Crippen LogP contribution < -0.4 is 0 Å². The van der Waals surface area contributed by atoms with Gasteiger partial charge in [0.05, 0.1) is 10.7 Å². The van der Waals surface area contributed by atoms with E-state index in [1.165, 1.54) is 25.7 Å². The standard InChI is InChI=1S/C11H13NO2S/c13-10(14)6-5-9-7-15-11(12-9)8-3-1-2-4-8/h5-8H,1-4H2,(H,13,14)/b6-5+. The number of rotatable bonds is 3. The maximum atomic E-state index is 10.3. The van der Waals surface area contributed by atoms with Crippen LogP contribution in [0.4, 0.5) is 0 Å². The van der Waals surface area contributed by atoms with Crippen molar-refractivity contribution in [3.63, 3.8) is 0 Å². The van der Waals surface area contributed by atoms with Gasteiger partial charge in [0.25, 0.3) is 0 Å². The minimum Gasteiger partial charge on any atom is -0.478 e. The molecule has 0 aromatic carbocycles. The molecule has 3 nitrogen and oxygen atoms in total. The van der Waals surface area contributed by atoms with E-state index >= 15 is 0 Å². The molecule has 0 aliphatic heterocycles. The summed E-state index contributed by atoms with van der Waals surface area (Å²) in [7, 11) is 0. The molecule has 1 N–H and O–H groups in total. The molecule has 2 rings (SSSR count). The van der Waals surface area contributed by atoms with Gasteiger partial charge in [-0.15, -0.1) is 11.3 Å². The average Bonchev–Trinajstić information content (AvgIpc) is 2.85. The molecule has 1 fully saturated rings. The van der Waals surface area contributed by atoms with Crippen molar-refractivity contribution >= 4 is 23.4 Å². The lowest BCUT2D eigenvalue weighted by Crippen LogP contribution is -1.91. The summed E-state index contributed by atoms with van der Waals surface area (Å²) >= 11 is 1.64. The first-order chi connectivity index (χ1) is 7.25. The van der Waals surface area contributed by atoms with Crippen molar-refractivity contribution in [3.05, 3.63) is 22.2 Å². The quantitative estimate of drug-likeness (QED) is 0.801. The number of carbonyl (C=O) groups is 1. The maximum Gasteiger partial charge on any atom is 0.328 e. The summed E-state index contributed by atoms with van der Waals surface area (Å²) in [6, 6.07) is 0. The van der Waals surface area contributed by atoms with Gasteiger partial charge in [0.2, 0.25) is 0 Å². The first-order valence-corrected chi connectivity index (χ1v) is 6.00. The number of carboxylic acids is 1. The van der Waals surface area contributed by atoms with Gasteiger partial charge in [-0.3, -0.25) is 0 Å². The van der Waals surface area contributed by atoms with Crippen molar-refractivity contribution in [2.75, 3.05) is 0 Å². The molecule has 80 valence electrons. The van der Waals surface area contributed by atoms with Crippen LogP contribution in [0.3, 0.4) is 0 Å². The molecule has 1 saturated carbocycles. The summed E-state index contributed by atoms with van der Waals surface area (Å²) in [5.74, 6) is -0.313. The van der Waals surface area contributed by atoms with Gasteiger partial charge in [-0.1, -0.05) is 12.8 Å². The van der Waals surface area contributed by atoms with Crippen molar-refractivity contribution in [1.29, 1.82) is 0 Å². The molecule has 0 saturated heterocycles. The fraction of sp³-hybridized carbons (Fsp3) is 0.455. The Morgan fingerprint density at radius 3 is 2.93 bits per heavy atom. The van der Waals surface area contributed by atoms with E-state index in [1.54, 1.807) is 17.4 Å². The van der Waals surface area contributed by atoms with Crippen LogP contribution in [0.1, 0.15) is 42.3 Å².